The van der Waals surface area contributed by atoms with Crippen molar-refractivity contribution < 1.29 is 9.18 Å². The third kappa shape index (κ3) is 3.60. The number of hydrogen-bond acceptors (Lipinski definition) is 2. The van der Waals surface area contributed by atoms with E-state index in [1.54, 1.807) is 24.2 Å². The predicted molar refractivity (Wildman–Crippen MR) is 138 cm³/mol. The lowest BCUT2D eigenvalue weighted by Gasteiger charge is -2.23. The summed E-state index contributed by atoms with van der Waals surface area (Å²) < 4.78 is 14.8. The molecule has 1 aliphatic rings. The van der Waals surface area contributed by atoms with Gasteiger partial charge in [0.2, 0.25) is 0 Å². The third-order valence-corrected chi connectivity index (χ3v) is 6.84. The summed E-state index contributed by atoms with van der Waals surface area (Å²) in [6.45, 7) is 5.93. The molecule has 0 saturated carbocycles. The molecule has 0 radical (unpaired) electrons. The fourth-order valence-electron chi connectivity index (χ4n) is 4.94. The van der Waals surface area contributed by atoms with E-state index in [-0.39, 0.29) is 11.7 Å². The van der Waals surface area contributed by atoms with Gasteiger partial charge in [-0.2, -0.15) is 0 Å². The molecule has 0 unspecified atom stereocenters. The van der Waals surface area contributed by atoms with Crippen LogP contribution in [0.1, 0.15) is 44.6 Å². The normalized spacial score (nSPS) is 12.6. The number of halogens is 1. The summed E-state index contributed by atoms with van der Waals surface area (Å²) in [5.41, 5.74) is 8.63. The van der Waals surface area contributed by atoms with Crippen molar-refractivity contribution >= 4 is 28.6 Å². The zero-order chi connectivity index (χ0) is 24.0. The van der Waals surface area contributed by atoms with Gasteiger partial charge in [0, 0.05) is 29.1 Å². The molecule has 3 aromatic carbocycles. The molecule has 0 N–H and O–H groups in total. The van der Waals surface area contributed by atoms with Crippen molar-refractivity contribution in [2.75, 3.05) is 11.9 Å². The van der Waals surface area contributed by atoms with Crippen LogP contribution in [-0.2, 0) is 6.42 Å². The molecule has 0 atom stereocenters. The maximum Gasteiger partial charge on any atom is 0.258 e. The molecule has 1 aromatic heterocycles. The van der Waals surface area contributed by atoms with E-state index in [9.17, 15) is 9.18 Å². The molecule has 1 amide bonds. The molecule has 4 heteroatoms. The molecule has 0 saturated heterocycles. The Bertz CT molecular complexity index is 1490. The van der Waals surface area contributed by atoms with Gasteiger partial charge in [-0.25, -0.2) is 4.39 Å². The fourth-order valence-corrected chi connectivity index (χ4v) is 4.94. The third-order valence-electron chi connectivity index (χ3n) is 6.84. The second-order valence-corrected chi connectivity index (χ2v) is 9.09. The number of fused-ring (bicyclic) bond motifs is 2. The Morgan fingerprint density at radius 1 is 1.06 bits per heavy atom. The molecular formula is C30H27FN2O. The van der Waals surface area contributed by atoms with Gasteiger partial charge in [0.15, 0.2) is 0 Å². The number of carbonyl (C=O) groups excluding carboxylic acids is 1. The maximum absolute atomic E-state index is 14.8. The number of rotatable bonds is 3. The SMILES string of the molecule is Cc1ccc(F)c(-c2c(C)ccc3c(C)c(N(C)C(=O)c4cccc5c4C=CCC5)cnc23)c1. The van der Waals surface area contributed by atoms with Gasteiger partial charge < -0.3 is 4.90 Å². The monoisotopic (exact) mass is 450 g/mol. The zero-order valence-corrected chi connectivity index (χ0v) is 19.9. The lowest BCUT2D eigenvalue weighted by atomic mass is 9.92. The van der Waals surface area contributed by atoms with Gasteiger partial charge in [-0.3, -0.25) is 9.78 Å². The summed E-state index contributed by atoms with van der Waals surface area (Å²) in [5, 5.41) is 0.911. The Labute approximate surface area is 199 Å². The van der Waals surface area contributed by atoms with Crippen molar-refractivity contribution in [2.45, 2.75) is 33.6 Å². The molecule has 4 aromatic rings. The van der Waals surface area contributed by atoms with Crippen molar-refractivity contribution in [3.63, 3.8) is 0 Å². The molecule has 0 spiro atoms. The first kappa shape index (κ1) is 22.0. The number of pyridine rings is 1. The Morgan fingerprint density at radius 3 is 2.71 bits per heavy atom. The average molecular weight is 451 g/mol. The molecular weight excluding hydrogens is 423 g/mol. The Hall–Kier alpha value is -3.79. The maximum atomic E-state index is 14.8. The first-order valence-electron chi connectivity index (χ1n) is 11.6. The van der Waals surface area contributed by atoms with Crippen LogP contribution in [0.4, 0.5) is 10.1 Å². The van der Waals surface area contributed by atoms with Gasteiger partial charge in [-0.05, 0) is 74.1 Å². The van der Waals surface area contributed by atoms with Gasteiger partial charge in [-0.15, -0.1) is 0 Å². The minimum absolute atomic E-state index is 0.0651. The summed E-state index contributed by atoms with van der Waals surface area (Å²) in [4.78, 5) is 20.0. The molecule has 5 rings (SSSR count). The topological polar surface area (TPSA) is 33.2 Å². The first-order valence-corrected chi connectivity index (χ1v) is 11.6. The molecule has 1 aliphatic carbocycles. The molecule has 3 nitrogen and oxygen atoms in total. The van der Waals surface area contributed by atoms with Gasteiger partial charge in [-0.1, -0.05) is 48.0 Å². The van der Waals surface area contributed by atoms with E-state index >= 15 is 0 Å². The number of hydrogen-bond donors (Lipinski definition) is 0. The highest BCUT2D eigenvalue weighted by Gasteiger charge is 2.22. The summed E-state index contributed by atoms with van der Waals surface area (Å²) in [6.07, 6.45) is 7.85. The van der Waals surface area contributed by atoms with Crippen molar-refractivity contribution in [2.24, 2.45) is 0 Å². The highest BCUT2D eigenvalue weighted by molar-refractivity contribution is 6.10. The quantitative estimate of drug-likeness (QED) is 0.331. The number of amides is 1. The second kappa shape index (κ2) is 8.53. The zero-order valence-electron chi connectivity index (χ0n) is 19.9. The van der Waals surface area contributed by atoms with Crippen LogP contribution in [0.25, 0.3) is 28.1 Å². The van der Waals surface area contributed by atoms with E-state index in [0.717, 1.165) is 57.2 Å². The van der Waals surface area contributed by atoms with Crippen LogP contribution in [0.2, 0.25) is 0 Å². The second-order valence-electron chi connectivity index (χ2n) is 9.09. The largest absolute Gasteiger partial charge is 0.310 e. The van der Waals surface area contributed by atoms with Crippen molar-refractivity contribution in [3.8, 4) is 11.1 Å². The molecule has 34 heavy (non-hydrogen) atoms. The van der Waals surface area contributed by atoms with Crippen molar-refractivity contribution in [1.29, 1.82) is 0 Å². The minimum atomic E-state index is -0.265. The fraction of sp³-hybridized carbons (Fsp3) is 0.200. The van der Waals surface area contributed by atoms with Gasteiger partial charge in [0.1, 0.15) is 5.82 Å². The summed E-state index contributed by atoms with van der Waals surface area (Å²) in [6, 6.07) is 15.1. The molecule has 0 fully saturated rings. The average Bonchev–Trinajstić information content (AvgIpc) is 2.84. The number of nitrogens with zero attached hydrogens (tertiary/aromatic N) is 2. The minimum Gasteiger partial charge on any atom is -0.310 e. The van der Waals surface area contributed by atoms with Crippen LogP contribution < -0.4 is 4.90 Å². The molecule has 0 bridgehead atoms. The molecule has 1 heterocycles. The van der Waals surface area contributed by atoms with Crippen LogP contribution in [0, 0.1) is 26.6 Å². The number of allylic oxidation sites excluding steroid dienone is 1. The highest BCUT2D eigenvalue weighted by atomic mass is 19.1. The van der Waals surface area contributed by atoms with E-state index < -0.39 is 0 Å². The van der Waals surface area contributed by atoms with E-state index in [4.69, 9.17) is 4.98 Å². The number of carbonyl (C=O) groups is 1. The summed E-state index contributed by atoms with van der Waals surface area (Å²) >= 11 is 0. The first-order chi connectivity index (χ1) is 16.4. The summed E-state index contributed by atoms with van der Waals surface area (Å²) in [5.74, 6) is -0.330. The lowest BCUT2D eigenvalue weighted by Crippen LogP contribution is -2.28. The van der Waals surface area contributed by atoms with E-state index in [2.05, 4.69) is 18.2 Å². The van der Waals surface area contributed by atoms with E-state index in [0.29, 0.717) is 11.1 Å². The number of anilines is 1. The van der Waals surface area contributed by atoms with Crippen molar-refractivity contribution in [3.05, 3.63) is 100 Å². The van der Waals surface area contributed by atoms with Crippen LogP contribution in [0.5, 0.6) is 0 Å². The number of aryl methyl sites for hydroxylation is 4. The van der Waals surface area contributed by atoms with Gasteiger partial charge in [0.05, 0.1) is 17.4 Å². The smallest absolute Gasteiger partial charge is 0.258 e. The Morgan fingerprint density at radius 2 is 1.88 bits per heavy atom. The molecule has 0 aliphatic heterocycles. The number of benzene rings is 3. The Balaban J connectivity index is 1.62. The van der Waals surface area contributed by atoms with E-state index in [1.807, 2.05) is 51.1 Å². The van der Waals surface area contributed by atoms with E-state index in [1.165, 1.54) is 11.6 Å². The van der Waals surface area contributed by atoms with Gasteiger partial charge in [0.25, 0.3) is 5.91 Å². The van der Waals surface area contributed by atoms with Crippen LogP contribution in [0.15, 0.2) is 60.8 Å². The standard InChI is InChI=1S/C30H27FN2O/c1-18-12-15-26(31)25(16-18)28-19(2)13-14-22-20(3)27(17-32-29(22)28)33(4)30(34)24-11-7-9-21-8-5-6-10-23(21)24/h6-7,9-17H,5,8H2,1-4H3. The van der Waals surface area contributed by atoms with Crippen molar-refractivity contribution in [1.82, 2.24) is 4.98 Å². The lowest BCUT2D eigenvalue weighted by molar-refractivity contribution is 0.0992. The van der Waals surface area contributed by atoms with Crippen LogP contribution in [-0.4, -0.2) is 17.9 Å². The number of aromatic nitrogens is 1. The van der Waals surface area contributed by atoms with Crippen LogP contribution >= 0.6 is 0 Å². The summed E-state index contributed by atoms with van der Waals surface area (Å²) in [7, 11) is 1.79. The van der Waals surface area contributed by atoms with Gasteiger partial charge >= 0.3 is 0 Å². The predicted octanol–water partition coefficient (Wildman–Crippen LogP) is 7.20. The molecule has 170 valence electrons. The highest BCUT2D eigenvalue weighted by Crippen LogP contribution is 2.37. The Kier molecular flexibility index (Phi) is 5.52. The van der Waals surface area contributed by atoms with Crippen LogP contribution in [0.3, 0.4) is 0 Å².